The summed E-state index contributed by atoms with van der Waals surface area (Å²) in [6.45, 7) is 5.92. The first-order chi connectivity index (χ1) is 13.7. The number of carbonyl (C=O) groups is 1. The summed E-state index contributed by atoms with van der Waals surface area (Å²) in [4.78, 5) is 26.0. The fraction of sp³-hybridized carbons (Fsp3) is 0.400. The van der Waals surface area contributed by atoms with Crippen molar-refractivity contribution in [3.8, 4) is 0 Å². The van der Waals surface area contributed by atoms with Gasteiger partial charge in [0.25, 0.3) is 0 Å². The van der Waals surface area contributed by atoms with Crippen molar-refractivity contribution in [3.05, 3.63) is 48.0 Å². The zero-order valence-electron chi connectivity index (χ0n) is 16.1. The third kappa shape index (κ3) is 3.68. The number of likely N-dealkylation sites (N-methyl/N-ethyl adjacent to an activating group) is 1. The SMILES string of the molecule is CCC(OC(=O)c1cncc2[nH]ncc12)c1ccnc(N2CCN(C)CC2)c1. The van der Waals surface area contributed by atoms with E-state index in [1.807, 2.05) is 19.1 Å². The van der Waals surface area contributed by atoms with Gasteiger partial charge in [-0.2, -0.15) is 5.10 Å². The van der Waals surface area contributed by atoms with Gasteiger partial charge in [-0.1, -0.05) is 6.92 Å². The number of carbonyl (C=O) groups excluding carboxylic acids is 1. The lowest BCUT2D eigenvalue weighted by Gasteiger charge is -2.33. The van der Waals surface area contributed by atoms with Crippen LogP contribution in [-0.2, 0) is 4.74 Å². The van der Waals surface area contributed by atoms with Gasteiger partial charge in [0, 0.05) is 44.0 Å². The number of fused-ring (bicyclic) bond motifs is 1. The minimum Gasteiger partial charge on any atom is -0.454 e. The maximum Gasteiger partial charge on any atom is 0.341 e. The van der Waals surface area contributed by atoms with E-state index in [9.17, 15) is 4.79 Å². The molecule has 1 atom stereocenters. The quantitative estimate of drug-likeness (QED) is 0.680. The standard InChI is InChI=1S/C20H24N6O2/c1-3-18(28-20(27)16-11-21-13-17-15(16)12-23-24-17)14-4-5-22-19(10-14)26-8-6-25(2)7-9-26/h4-5,10-13,18H,3,6-9H2,1-2H3,(H,23,24). The predicted molar refractivity (Wildman–Crippen MR) is 106 cm³/mol. The lowest BCUT2D eigenvalue weighted by molar-refractivity contribution is 0.0289. The van der Waals surface area contributed by atoms with Crippen molar-refractivity contribution in [2.75, 3.05) is 38.1 Å². The minimum atomic E-state index is -0.399. The van der Waals surface area contributed by atoms with E-state index in [1.165, 1.54) is 6.20 Å². The third-order valence-electron chi connectivity index (χ3n) is 5.17. The largest absolute Gasteiger partial charge is 0.454 e. The minimum absolute atomic E-state index is 0.344. The monoisotopic (exact) mass is 380 g/mol. The van der Waals surface area contributed by atoms with Crippen LogP contribution in [0.1, 0.15) is 35.4 Å². The molecule has 0 aliphatic carbocycles. The average Bonchev–Trinajstić information content (AvgIpc) is 3.21. The summed E-state index contributed by atoms with van der Waals surface area (Å²) in [6, 6.07) is 3.95. The van der Waals surface area contributed by atoms with Crippen LogP contribution in [0.5, 0.6) is 0 Å². The highest BCUT2D eigenvalue weighted by molar-refractivity contribution is 6.02. The van der Waals surface area contributed by atoms with Crippen molar-refractivity contribution >= 4 is 22.7 Å². The summed E-state index contributed by atoms with van der Waals surface area (Å²) in [5, 5.41) is 7.51. The van der Waals surface area contributed by atoms with Crippen LogP contribution in [-0.4, -0.2) is 64.3 Å². The number of piperazine rings is 1. The molecule has 1 saturated heterocycles. The van der Waals surface area contributed by atoms with Gasteiger partial charge >= 0.3 is 5.97 Å². The number of aromatic nitrogens is 4. The van der Waals surface area contributed by atoms with Crippen molar-refractivity contribution in [2.45, 2.75) is 19.4 Å². The van der Waals surface area contributed by atoms with E-state index in [0.717, 1.165) is 37.6 Å². The second kappa shape index (κ2) is 7.93. The number of esters is 1. The zero-order valence-corrected chi connectivity index (χ0v) is 16.1. The molecule has 1 N–H and O–H groups in total. The van der Waals surface area contributed by atoms with Crippen molar-refractivity contribution in [1.29, 1.82) is 0 Å². The Balaban J connectivity index is 1.53. The molecule has 0 spiro atoms. The van der Waals surface area contributed by atoms with Crippen LogP contribution in [0.3, 0.4) is 0 Å². The van der Waals surface area contributed by atoms with Crippen LogP contribution < -0.4 is 4.90 Å². The van der Waals surface area contributed by atoms with Crippen LogP contribution in [0, 0.1) is 0 Å². The first kappa shape index (κ1) is 18.4. The highest BCUT2D eigenvalue weighted by Crippen LogP contribution is 2.26. The number of aromatic amines is 1. The summed E-state index contributed by atoms with van der Waals surface area (Å²) >= 11 is 0. The van der Waals surface area contributed by atoms with E-state index in [4.69, 9.17) is 4.74 Å². The summed E-state index contributed by atoms with van der Waals surface area (Å²) in [7, 11) is 2.13. The van der Waals surface area contributed by atoms with E-state index >= 15 is 0 Å². The molecule has 8 nitrogen and oxygen atoms in total. The molecule has 0 saturated carbocycles. The van der Waals surface area contributed by atoms with E-state index < -0.39 is 5.97 Å². The number of ether oxygens (including phenoxy) is 1. The number of hydrogen-bond acceptors (Lipinski definition) is 7. The van der Waals surface area contributed by atoms with E-state index in [1.54, 1.807) is 18.6 Å². The smallest absolute Gasteiger partial charge is 0.341 e. The maximum atomic E-state index is 12.8. The molecule has 3 aromatic rings. The summed E-state index contributed by atoms with van der Waals surface area (Å²) in [5.74, 6) is 0.531. The average molecular weight is 380 g/mol. The second-order valence-corrected chi connectivity index (χ2v) is 7.06. The van der Waals surface area contributed by atoms with Gasteiger partial charge in [0.15, 0.2) is 0 Å². The highest BCUT2D eigenvalue weighted by Gasteiger charge is 2.21. The summed E-state index contributed by atoms with van der Waals surface area (Å²) in [5.41, 5.74) is 2.08. The number of nitrogens with one attached hydrogen (secondary N) is 1. The molecule has 4 heterocycles. The fourth-order valence-corrected chi connectivity index (χ4v) is 3.45. The Morgan fingerprint density at radius 1 is 1.25 bits per heavy atom. The maximum absolute atomic E-state index is 12.8. The molecule has 4 rings (SSSR count). The van der Waals surface area contributed by atoms with E-state index in [0.29, 0.717) is 22.9 Å². The fourth-order valence-electron chi connectivity index (χ4n) is 3.45. The Bertz CT molecular complexity index is 964. The van der Waals surface area contributed by atoms with E-state index in [-0.39, 0.29) is 6.10 Å². The van der Waals surface area contributed by atoms with Crippen LogP contribution in [0.4, 0.5) is 5.82 Å². The Labute approximate surface area is 163 Å². The molecule has 1 unspecified atom stereocenters. The van der Waals surface area contributed by atoms with Gasteiger partial charge in [0.05, 0.1) is 23.5 Å². The van der Waals surface area contributed by atoms with E-state index in [2.05, 4.69) is 37.0 Å². The molecular weight excluding hydrogens is 356 g/mol. The molecule has 1 fully saturated rings. The molecule has 0 bridgehead atoms. The molecule has 0 radical (unpaired) electrons. The molecular formula is C20H24N6O2. The van der Waals surface area contributed by atoms with Crippen molar-refractivity contribution in [1.82, 2.24) is 25.1 Å². The Morgan fingerprint density at radius 2 is 2.07 bits per heavy atom. The summed E-state index contributed by atoms with van der Waals surface area (Å²) in [6.07, 6.45) is 6.90. The Kier molecular flexibility index (Phi) is 5.21. The van der Waals surface area contributed by atoms with Gasteiger partial charge in [0.1, 0.15) is 11.9 Å². The normalized spacial score (nSPS) is 16.3. The van der Waals surface area contributed by atoms with Crippen molar-refractivity contribution in [2.24, 2.45) is 0 Å². The number of nitrogens with zero attached hydrogens (tertiary/aromatic N) is 5. The van der Waals surface area contributed by atoms with Crippen LogP contribution in [0.25, 0.3) is 10.9 Å². The number of hydrogen-bond donors (Lipinski definition) is 1. The lowest BCUT2D eigenvalue weighted by Crippen LogP contribution is -2.44. The first-order valence-corrected chi connectivity index (χ1v) is 9.53. The number of pyridine rings is 2. The second-order valence-electron chi connectivity index (χ2n) is 7.06. The third-order valence-corrected chi connectivity index (χ3v) is 5.17. The predicted octanol–water partition coefficient (Wildman–Crippen LogP) is 2.41. The lowest BCUT2D eigenvalue weighted by atomic mass is 10.1. The molecule has 0 aromatic carbocycles. The van der Waals surface area contributed by atoms with Gasteiger partial charge in [-0.3, -0.25) is 10.1 Å². The van der Waals surface area contributed by atoms with Gasteiger partial charge in [-0.25, -0.2) is 9.78 Å². The van der Waals surface area contributed by atoms with Crippen LogP contribution in [0.15, 0.2) is 36.9 Å². The number of H-pyrrole nitrogens is 1. The highest BCUT2D eigenvalue weighted by atomic mass is 16.5. The molecule has 146 valence electrons. The van der Waals surface area contributed by atoms with Crippen LogP contribution >= 0.6 is 0 Å². The molecule has 3 aromatic heterocycles. The molecule has 1 aliphatic rings. The summed E-state index contributed by atoms with van der Waals surface area (Å²) < 4.78 is 5.83. The van der Waals surface area contributed by atoms with Gasteiger partial charge in [0.2, 0.25) is 0 Å². The van der Waals surface area contributed by atoms with Gasteiger partial charge in [-0.15, -0.1) is 0 Å². The zero-order chi connectivity index (χ0) is 19.5. The van der Waals surface area contributed by atoms with Crippen LogP contribution in [0.2, 0.25) is 0 Å². The molecule has 0 amide bonds. The Morgan fingerprint density at radius 3 is 2.86 bits per heavy atom. The molecule has 1 aliphatic heterocycles. The topological polar surface area (TPSA) is 87.2 Å². The Hall–Kier alpha value is -3.00. The van der Waals surface area contributed by atoms with Crippen molar-refractivity contribution < 1.29 is 9.53 Å². The first-order valence-electron chi connectivity index (χ1n) is 9.53. The van der Waals surface area contributed by atoms with Crippen molar-refractivity contribution in [3.63, 3.8) is 0 Å². The molecule has 8 heteroatoms. The van der Waals surface area contributed by atoms with Gasteiger partial charge in [-0.05, 0) is 31.2 Å². The number of rotatable bonds is 5. The molecule has 28 heavy (non-hydrogen) atoms. The van der Waals surface area contributed by atoms with Gasteiger partial charge < -0.3 is 14.5 Å². The number of anilines is 1.